The fraction of sp³-hybridized carbons (Fsp3) is 0.115. The minimum Gasteiger partial charge on any atom is -0.497 e. The van der Waals surface area contributed by atoms with Crippen LogP contribution in [0.5, 0.6) is 5.75 Å². The van der Waals surface area contributed by atoms with Crippen LogP contribution in [0.15, 0.2) is 78.5 Å². The Kier molecular flexibility index (Phi) is 6.19. The molecule has 1 aromatic heterocycles. The Morgan fingerprint density at radius 3 is 2.21 bits per heavy atom. The van der Waals surface area contributed by atoms with E-state index >= 15 is 0 Å². The molecule has 1 aliphatic rings. The van der Waals surface area contributed by atoms with Crippen molar-refractivity contribution in [3.8, 4) is 17.6 Å². The smallest absolute Gasteiger partial charge is 0.416 e. The van der Waals surface area contributed by atoms with E-state index in [2.05, 4.69) is 16.8 Å². The van der Waals surface area contributed by atoms with Crippen LogP contribution in [0.4, 0.5) is 13.2 Å². The van der Waals surface area contributed by atoms with Crippen LogP contribution in [0.1, 0.15) is 22.4 Å². The third-order valence-electron chi connectivity index (χ3n) is 5.14. The molecule has 2 heterocycles. The standard InChI is InChI=1S/C26H17F3N2O3/c1-34-21-12-5-17(6-13-21)7-14-22-23(18-8-10-19(11-9-18)26(27,28)29)25(33)31(24(22)32)16-20-4-2-3-15-30-20/h2-6,8-13,15H,16H2,1H3. The van der Waals surface area contributed by atoms with Gasteiger partial charge in [0.25, 0.3) is 11.8 Å². The number of pyridine rings is 1. The largest absolute Gasteiger partial charge is 0.497 e. The van der Waals surface area contributed by atoms with Crippen LogP contribution < -0.4 is 4.74 Å². The van der Waals surface area contributed by atoms with Crippen LogP contribution in [0, 0.1) is 11.8 Å². The van der Waals surface area contributed by atoms with E-state index in [1.165, 1.54) is 25.4 Å². The van der Waals surface area contributed by atoms with E-state index in [0.717, 1.165) is 17.0 Å². The minimum absolute atomic E-state index is 0.0457. The summed E-state index contributed by atoms with van der Waals surface area (Å²) in [5.41, 5.74) is 0.245. The number of alkyl halides is 3. The van der Waals surface area contributed by atoms with Gasteiger partial charge in [-0.25, -0.2) is 0 Å². The third-order valence-corrected chi connectivity index (χ3v) is 5.14. The monoisotopic (exact) mass is 462 g/mol. The Hall–Kier alpha value is -4.38. The van der Waals surface area contributed by atoms with Gasteiger partial charge in [0.15, 0.2) is 0 Å². The summed E-state index contributed by atoms with van der Waals surface area (Å²) in [7, 11) is 1.53. The average Bonchev–Trinajstić information content (AvgIpc) is 3.07. The fourth-order valence-electron chi connectivity index (χ4n) is 3.39. The van der Waals surface area contributed by atoms with Crippen LogP contribution in [-0.2, 0) is 22.3 Å². The van der Waals surface area contributed by atoms with E-state index in [-0.39, 0.29) is 23.3 Å². The molecule has 0 fully saturated rings. The zero-order valence-corrected chi connectivity index (χ0v) is 17.9. The predicted molar refractivity (Wildman–Crippen MR) is 118 cm³/mol. The van der Waals surface area contributed by atoms with Gasteiger partial charge in [0.05, 0.1) is 30.5 Å². The second-order valence-electron chi connectivity index (χ2n) is 7.32. The van der Waals surface area contributed by atoms with Crippen molar-refractivity contribution in [3.05, 3.63) is 101 Å². The lowest BCUT2D eigenvalue weighted by Crippen LogP contribution is -2.31. The number of halogens is 3. The van der Waals surface area contributed by atoms with E-state index in [1.54, 1.807) is 42.5 Å². The van der Waals surface area contributed by atoms with Crippen LogP contribution in [-0.4, -0.2) is 28.8 Å². The molecule has 0 spiro atoms. The lowest BCUT2D eigenvalue weighted by atomic mass is 10.00. The Bertz CT molecular complexity index is 1320. The van der Waals surface area contributed by atoms with Crippen molar-refractivity contribution >= 4 is 17.4 Å². The SMILES string of the molecule is COc1ccc(C#CC2=C(c3ccc(C(F)(F)F)cc3)C(=O)N(Cc3ccccn3)C2=O)cc1. The average molecular weight is 462 g/mol. The van der Waals surface area contributed by atoms with Crippen molar-refractivity contribution in [3.63, 3.8) is 0 Å². The summed E-state index contributed by atoms with van der Waals surface area (Å²) >= 11 is 0. The van der Waals surface area contributed by atoms with E-state index in [1.807, 2.05) is 0 Å². The molecular weight excluding hydrogens is 445 g/mol. The molecule has 8 heteroatoms. The van der Waals surface area contributed by atoms with Crippen molar-refractivity contribution in [2.75, 3.05) is 7.11 Å². The molecule has 0 atom stereocenters. The zero-order chi connectivity index (χ0) is 24.3. The number of hydrogen-bond donors (Lipinski definition) is 0. The molecule has 2 amide bonds. The van der Waals surface area contributed by atoms with Crippen LogP contribution in [0.25, 0.3) is 5.57 Å². The Morgan fingerprint density at radius 2 is 1.62 bits per heavy atom. The van der Waals surface area contributed by atoms with Gasteiger partial charge < -0.3 is 4.74 Å². The molecule has 3 aromatic rings. The molecule has 170 valence electrons. The molecule has 34 heavy (non-hydrogen) atoms. The minimum atomic E-state index is -4.52. The van der Waals surface area contributed by atoms with Gasteiger partial charge in [-0.15, -0.1) is 0 Å². The first-order valence-corrected chi connectivity index (χ1v) is 10.1. The quantitative estimate of drug-likeness (QED) is 0.424. The second kappa shape index (κ2) is 9.24. The number of methoxy groups -OCH3 is 1. The maximum Gasteiger partial charge on any atom is 0.416 e. The molecule has 0 saturated heterocycles. The number of carbonyl (C=O) groups excluding carboxylic acids is 2. The molecule has 4 rings (SSSR count). The molecule has 1 aliphatic heterocycles. The molecule has 2 aromatic carbocycles. The summed E-state index contributed by atoms with van der Waals surface area (Å²) in [5, 5.41) is 0. The first-order valence-electron chi connectivity index (χ1n) is 10.1. The summed E-state index contributed by atoms with van der Waals surface area (Å²) in [4.78, 5) is 31.5. The highest BCUT2D eigenvalue weighted by atomic mass is 19.4. The first-order chi connectivity index (χ1) is 16.3. The molecule has 0 saturated carbocycles. The van der Waals surface area contributed by atoms with Gasteiger partial charge >= 0.3 is 6.18 Å². The molecule has 0 radical (unpaired) electrons. The van der Waals surface area contributed by atoms with Gasteiger partial charge in [-0.05, 0) is 54.1 Å². The fourth-order valence-corrected chi connectivity index (χ4v) is 3.39. The van der Waals surface area contributed by atoms with Crippen molar-refractivity contribution in [2.24, 2.45) is 0 Å². The normalized spacial score (nSPS) is 13.7. The van der Waals surface area contributed by atoms with E-state index in [0.29, 0.717) is 17.0 Å². The molecule has 0 aliphatic carbocycles. The number of hydrogen-bond acceptors (Lipinski definition) is 4. The molecular formula is C26H17F3N2O3. The Labute approximate surface area is 193 Å². The first kappa shape index (κ1) is 22.8. The maximum atomic E-state index is 13.2. The summed E-state index contributed by atoms with van der Waals surface area (Å²) in [6.07, 6.45) is -2.99. The van der Waals surface area contributed by atoms with Crippen LogP contribution in [0.2, 0.25) is 0 Å². The second-order valence-corrected chi connectivity index (χ2v) is 7.32. The number of aromatic nitrogens is 1. The van der Waals surface area contributed by atoms with Gasteiger partial charge in [-0.2, -0.15) is 13.2 Å². The molecule has 5 nitrogen and oxygen atoms in total. The number of rotatable bonds is 4. The van der Waals surface area contributed by atoms with Gasteiger partial charge in [0.1, 0.15) is 11.3 Å². The number of nitrogens with zero attached hydrogens (tertiary/aromatic N) is 2. The van der Waals surface area contributed by atoms with Crippen LogP contribution >= 0.6 is 0 Å². The van der Waals surface area contributed by atoms with E-state index in [4.69, 9.17) is 4.74 Å². The van der Waals surface area contributed by atoms with Crippen molar-refractivity contribution in [1.29, 1.82) is 0 Å². The summed E-state index contributed by atoms with van der Waals surface area (Å²) < 4.78 is 44.1. The number of carbonyl (C=O) groups is 2. The van der Waals surface area contributed by atoms with Crippen LogP contribution in [0.3, 0.4) is 0 Å². The number of amides is 2. The number of benzene rings is 2. The van der Waals surface area contributed by atoms with Crippen molar-refractivity contribution in [2.45, 2.75) is 12.7 Å². The molecule has 0 N–H and O–H groups in total. The maximum absolute atomic E-state index is 13.2. The third kappa shape index (κ3) is 4.69. The van der Waals surface area contributed by atoms with E-state index < -0.39 is 23.6 Å². The molecule has 0 unspecified atom stereocenters. The van der Waals surface area contributed by atoms with Gasteiger partial charge in [-0.3, -0.25) is 19.5 Å². The van der Waals surface area contributed by atoms with Gasteiger partial charge in [-0.1, -0.05) is 30.0 Å². The Balaban J connectivity index is 1.75. The Morgan fingerprint density at radius 1 is 0.912 bits per heavy atom. The summed E-state index contributed by atoms with van der Waals surface area (Å²) in [6.45, 7) is -0.0869. The highest BCUT2D eigenvalue weighted by Crippen LogP contribution is 2.33. The highest BCUT2D eigenvalue weighted by molar-refractivity contribution is 6.37. The van der Waals surface area contributed by atoms with Crippen molar-refractivity contribution in [1.82, 2.24) is 9.88 Å². The predicted octanol–water partition coefficient (Wildman–Crippen LogP) is 4.48. The summed E-state index contributed by atoms with van der Waals surface area (Å²) in [5.74, 6) is 4.96. The van der Waals surface area contributed by atoms with Gasteiger partial charge in [0.2, 0.25) is 0 Å². The zero-order valence-electron chi connectivity index (χ0n) is 17.9. The van der Waals surface area contributed by atoms with E-state index in [9.17, 15) is 22.8 Å². The summed E-state index contributed by atoms with van der Waals surface area (Å²) in [6, 6.07) is 16.0. The number of ether oxygens (including phenoxy) is 1. The lowest BCUT2D eigenvalue weighted by molar-refractivity contribution is -0.138. The highest BCUT2D eigenvalue weighted by Gasteiger charge is 2.39. The molecule has 0 bridgehead atoms. The van der Waals surface area contributed by atoms with Gasteiger partial charge in [0, 0.05) is 11.8 Å². The lowest BCUT2D eigenvalue weighted by Gasteiger charge is -2.14. The topological polar surface area (TPSA) is 59.5 Å². The number of imide groups is 1. The van der Waals surface area contributed by atoms with Crippen molar-refractivity contribution < 1.29 is 27.5 Å².